The molecule has 1 aliphatic heterocycles. The quantitative estimate of drug-likeness (QED) is 0.238. The number of piperidine rings is 1. The minimum Gasteiger partial charge on any atom is -0.385 e. The highest BCUT2D eigenvalue weighted by molar-refractivity contribution is 14.0. The Bertz CT molecular complexity index is 781. The Hall–Kier alpha value is -1.88. The molecule has 1 saturated heterocycles. The molecule has 1 aromatic heterocycles. The van der Waals surface area contributed by atoms with Crippen molar-refractivity contribution in [3.63, 3.8) is 0 Å². The molecule has 1 aromatic carbocycles. The van der Waals surface area contributed by atoms with Crippen molar-refractivity contribution in [2.24, 2.45) is 12.0 Å². The van der Waals surface area contributed by atoms with Crippen molar-refractivity contribution in [3.05, 3.63) is 42.0 Å². The van der Waals surface area contributed by atoms with Crippen LogP contribution in [0.1, 0.15) is 30.9 Å². The van der Waals surface area contributed by atoms with Gasteiger partial charge in [-0.25, -0.2) is 4.99 Å². The van der Waals surface area contributed by atoms with Gasteiger partial charge in [0.1, 0.15) is 12.4 Å². The second kappa shape index (κ2) is 12.7. The molecule has 0 saturated carbocycles. The van der Waals surface area contributed by atoms with Crippen LogP contribution in [-0.2, 0) is 18.3 Å². The monoisotopic (exact) mass is 527 g/mol. The SMILES string of the molecule is COCCCNC(=NCc1nnc(C)n1C)NC1CCCN(c2ccccc2)C1.I. The first-order valence-corrected chi connectivity index (χ1v) is 10.4. The average Bonchev–Trinajstić information content (AvgIpc) is 3.08. The van der Waals surface area contributed by atoms with Crippen molar-refractivity contribution < 1.29 is 4.74 Å². The van der Waals surface area contributed by atoms with Gasteiger partial charge in [-0.1, -0.05) is 18.2 Å². The molecule has 2 N–H and O–H groups in total. The van der Waals surface area contributed by atoms with Crippen LogP contribution in [0.5, 0.6) is 0 Å². The lowest BCUT2D eigenvalue weighted by molar-refractivity contribution is 0.195. The largest absolute Gasteiger partial charge is 0.385 e. The Morgan fingerprint density at radius 2 is 2.07 bits per heavy atom. The summed E-state index contributed by atoms with van der Waals surface area (Å²) in [6.07, 6.45) is 3.22. The number of aliphatic imine (C=N–C) groups is 1. The Morgan fingerprint density at radius 1 is 1.27 bits per heavy atom. The molecule has 0 bridgehead atoms. The lowest BCUT2D eigenvalue weighted by Crippen LogP contribution is -2.51. The molecule has 166 valence electrons. The lowest BCUT2D eigenvalue weighted by Gasteiger charge is -2.35. The van der Waals surface area contributed by atoms with Gasteiger partial charge in [0.2, 0.25) is 0 Å². The summed E-state index contributed by atoms with van der Waals surface area (Å²) in [4.78, 5) is 7.21. The molecule has 0 aliphatic carbocycles. The molecule has 0 amide bonds. The normalized spacial score (nSPS) is 16.8. The predicted molar refractivity (Wildman–Crippen MR) is 132 cm³/mol. The van der Waals surface area contributed by atoms with Gasteiger partial charge in [-0.05, 0) is 38.3 Å². The second-order valence-electron chi connectivity index (χ2n) is 7.43. The number of benzene rings is 1. The van der Waals surface area contributed by atoms with Gasteiger partial charge in [-0.2, -0.15) is 0 Å². The number of ether oxygens (including phenoxy) is 1. The van der Waals surface area contributed by atoms with Crippen molar-refractivity contribution in [3.8, 4) is 0 Å². The molecule has 1 unspecified atom stereocenters. The van der Waals surface area contributed by atoms with Gasteiger partial charge in [0.15, 0.2) is 11.8 Å². The number of nitrogens with one attached hydrogen (secondary N) is 2. The van der Waals surface area contributed by atoms with Gasteiger partial charge < -0.3 is 24.8 Å². The van der Waals surface area contributed by atoms with Crippen LogP contribution in [0.15, 0.2) is 35.3 Å². The van der Waals surface area contributed by atoms with Crippen molar-refractivity contribution in [2.45, 2.75) is 38.8 Å². The van der Waals surface area contributed by atoms with E-state index in [-0.39, 0.29) is 24.0 Å². The summed E-state index contributed by atoms with van der Waals surface area (Å²) in [5, 5.41) is 15.4. The first kappa shape index (κ1) is 24.4. The number of aromatic nitrogens is 3. The van der Waals surface area contributed by atoms with Gasteiger partial charge in [0, 0.05) is 52.1 Å². The number of para-hydroxylation sites is 1. The highest BCUT2D eigenvalue weighted by atomic mass is 127. The highest BCUT2D eigenvalue weighted by Gasteiger charge is 2.21. The number of rotatable bonds is 8. The van der Waals surface area contributed by atoms with Crippen LogP contribution in [0, 0.1) is 6.92 Å². The zero-order valence-corrected chi connectivity index (χ0v) is 20.5. The maximum Gasteiger partial charge on any atom is 0.191 e. The third kappa shape index (κ3) is 7.12. The molecule has 1 atom stereocenters. The van der Waals surface area contributed by atoms with E-state index in [4.69, 9.17) is 9.73 Å². The van der Waals surface area contributed by atoms with E-state index in [9.17, 15) is 0 Å². The number of halogens is 1. The van der Waals surface area contributed by atoms with E-state index < -0.39 is 0 Å². The highest BCUT2D eigenvalue weighted by Crippen LogP contribution is 2.19. The molecule has 2 heterocycles. The summed E-state index contributed by atoms with van der Waals surface area (Å²) in [5.74, 6) is 2.57. The summed E-state index contributed by atoms with van der Waals surface area (Å²) in [6.45, 7) is 6.04. The molecule has 2 aromatic rings. The lowest BCUT2D eigenvalue weighted by atomic mass is 10.1. The molecule has 9 heteroatoms. The van der Waals surface area contributed by atoms with E-state index in [1.165, 1.54) is 5.69 Å². The van der Waals surface area contributed by atoms with Crippen LogP contribution >= 0.6 is 24.0 Å². The van der Waals surface area contributed by atoms with Crippen molar-refractivity contribution >= 4 is 35.6 Å². The number of hydrogen-bond acceptors (Lipinski definition) is 5. The zero-order valence-electron chi connectivity index (χ0n) is 18.2. The number of hydrogen-bond donors (Lipinski definition) is 2. The first-order chi connectivity index (χ1) is 14.2. The van der Waals surface area contributed by atoms with Crippen molar-refractivity contribution in [1.82, 2.24) is 25.4 Å². The van der Waals surface area contributed by atoms with Crippen LogP contribution in [0.4, 0.5) is 5.69 Å². The van der Waals surface area contributed by atoms with Gasteiger partial charge >= 0.3 is 0 Å². The molecular weight excluding hydrogens is 493 g/mol. The smallest absolute Gasteiger partial charge is 0.191 e. The van der Waals surface area contributed by atoms with Gasteiger partial charge in [0.25, 0.3) is 0 Å². The van der Waals surface area contributed by atoms with Gasteiger partial charge in [-0.15, -0.1) is 34.2 Å². The summed E-state index contributed by atoms with van der Waals surface area (Å²) in [5.41, 5.74) is 1.28. The summed E-state index contributed by atoms with van der Waals surface area (Å²) >= 11 is 0. The summed E-state index contributed by atoms with van der Waals surface area (Å²) < 4.78 is 7.13. The van der Waals surface area contributed by atoms with Gasteiger partial charge in [-0.3, -0.25) is 0 Å². The van der Waals surface area contributed by atoms with Crippen LogP contribution in [0.2, 0.25) is 0 Å². The Balaban J connectivity index is 0.00000320. The topological polar surface area (TPSA) is 79.6 Å². The minimum atomic E-state index is 0. The van der Waals surface area contributed by atoms with Gasteiger partial charge in [0.05, 0.1) is 0 Å². The summed E-state index contributed by atoms with van der Waals surface area (Å²) in [7, 11) is 3.70. The second-order valence-corrected chi connectivity index (χ2v) is 7.43. The standard InChI is InChI=1S/C21H33N7O.HI/c1-17-25-26-20(27(17)2)15-23-21(22-12-8-14-29-3)24-18-9-7-13-28(16-18)19-10-5-4-6-11-19;/h4-6,10-11,18H,7-9,12-16H2,1-3H3,(H2,22,23,24);1H. The van der Waals surface area contributed by atoms with E-state index in [0.29, 0.717) is 12.6 Å². The van der Waals surface area contributed by atoms with Crippen LogP contribution in [0.25, 0.3) is 0 Å². The molecular formula is C21H34IN7O. The molecule has 1 aliphatic rings. The molecule has 30 heavy (non-hydrogen) atoms. The number of nitrogens with zero attached hydrogens (tertiary/aromatic N) is 5. The van der Waals surface area contributed by atoms with E-state index in [1.54, 1.807) is 7.11 Å². The fraction of sp³-hybridized carbons (Fsp3) is 0.571. The Labute approximate surface area is 196 Å². The first-order valence-electron chi connectivity index (χ1n) is 10.4. The van der Waals surface area contributed by atoms with E-state index in [2.05, 4.69) is 56.1 Å². The molecule has 0 radical (unpaired) electrons. The fourth-order valence-corrected chi connectivity index (χ4v) is 3.48. The van der Waals surface area contributed by atoms with E-state index in [1.807, 2.05) is 18.5 Å². The number of methoxy groups -OCH3 is 1. The van der Waals surface area contributed by atoms with Crippen LogP contribution in [-0.4, -0.2) is 60.1 Å². The molecule has 0 spiro atoms. The minimum absolute atomic E-state index is 0. The number of aryl methyl sites for hydroxylation is 1. The third-order valence-electron chi connectivity index (χ3n) is 5.26. The van der Waals surface area contributed by atoms with Crippen molar-refractivity contribution in [1.29, 1.82) is 0 Å². The maximum absolute atomic E-state index is 5.16. The van der Waals surface area contributed by atoms with E-state index in [0.717, 1.165) is 63.1 Å². The third-order valence-corrected chi connectivity index (χ3v) is 5.26. The van der Waals surface area contributed by atoms with Crippen LogP contribution < -0.4 is 15.5 Å². The van der Waals surface area contributed by atoms with E-state index >= 15 is 0 Å². The number of guanidine groups is 1. The van der Waals surface area contributed by atoms with Crippen LogP contribution in [0.3, 0.4) is 0 Å². The molecule has 1 fully saturated rings. The summed E-state index contributed by atoms with van der Waals surface area (Å²) in [6, 6.07) is 11.0. The predicted octanol–water partition coefficient (Wildman–Crippen LogP) is 2.48. The Kier molecular flexibility index (Phi) is 10.4. The Morgan fingerprint density at radius 3 is 2.77 bits per heavy atom. The molecule has 3 rings (SSSR count). The molecule has 8 nitrogen and oxygen atoms in total. The fourth-order valence-electron chi connectivity index (χ4n) is 3.48. The number of anilines is 1. The average molecular weight is 527 g/mol. The zero-order chi connectivity index (χ0) is 20.5. The van der Waals surface area contributed by atoms with Crippen molar-refractivity contribution in [2.75, 3.05) is 38.3 Å². The maximum atomic E-state index is 5.16.